The number of anilines is 1. The van der Waals surface area contributed by atoms with Gasteiger partial charge in [0.1, 0.15) is 5.76 Å². The van der Waals surface area contributed by atoms with Crippen LogP contribution in [0.2, 0.25) is 15.1 Å². The van der Waals surface area contributed by atoms with E-state index in [1.54, 1.807) is 24.3 Å². The molecule has 1 aromatic heterocycles. The Labute approximate surface area is 225 Å². The van der Waals surface area contributed by atoms with Gasteiger partial charge in [0, 0.05) is 10.6 Å². The number of halogens is 3. The van der Waals surface area contributed by atoms with E-state index in [9.17, 15) is 14.7 Å². The molecular weight excluding hydrogens is 543 g/mol. The second kappa shape index (κ2) is 9.41. The summed E-state index contributed by atoms with van der Waals surface area (Å²) in [4.78, 5) is 32.7. The number of rotatable bonds is 4. The fraction of sp³-hybridized carbons (Fsp3) is 0.115. The molecule has 0 spiro atoms. The lowest BCUT2D eigenvalue weighted by Crippen LogP contribution is -2.29. The zero-order valence-corrected chi connectivity index (χ0v) is 22.0. The van der Waals surface area contributed by atoms with Gasteiger partial charge >= 0.3 is 5.91 Å². The first-order valence-corrected chi connectivity index (χ1v) is 12.6. The van der Waals surface area contributed by atoms with E-state index >= 15 is 0 Å². The van der Waals surface area contributed by atoms with Crippen LogP contribution in [-0.2, 0) is 9.59 Å². The normalized spacial score (nSPS) is 17.2. The van der Waals surface area contributed by atoms with Crippen molar-refractivity contribution >= 4 is 78.9 Å². The zero-order valence-electron chi connectivity index (χ0n) is 18.9. The largest absolute Gasteiger partial charge is 0.507 e. The minimum atomic E-state index is -0.930. The van der Waals surface area contributed by atoms with Gasteiger partial charge in [-0.1, -0.05) is 76.0 Å². The Bertz CT molecular complexity index is 1570. The van der Waals surface area contributed by atoms with E-state index in [4.69, 9.17) is 39.5 Å². The Morgan fingerprint density at radius 1 is 1.06 bits per heavy atom. The molecule has 6 nitrogen and oxygen atoms in total. The molecule has 36 heavy (non-hydrogen) atoms. The Hall–Kier alpha value is -3.10. The predicted octanol–water partition coefficient (Wildman–Crippen LogP) is 7.20. The number of aryl methyl sites for hydroxylation is 1. The summed E-state index contributed by atoms with van der Waals surface area (Å²) in [5.74, 6) is -1.82. The monoisotopic (exact) mass is 558 g/mol. The maximum Gasteiger partial charge on any atom is 0.301 e. The Morgan fingerprint density at radius 2 is 1.78 bits per heavy atom. The third-order valence-electron chi connectivity index (χ3n) is 5.82. The van der Waals surface area contributed by atoms with Crippen LogP contribution in [0.1, 0.15) is 22.7 Å². The van der Waals surface area contributed by atoms with Gasteiger partial charge in [-0.2, -0.15) is 0 Å². The molecule has 1 aliphatic rings. The van der Waals surface area contributed by atoms with Crippen molar-refractivity contribution in [3.8, 4) is 5.75 Å². The van der Waals surface area contributed by atoms with E-state index in [1.165, 1.54) is 35.5 Å². The van der Waals surface area contributed by atoms with Crippen molar-refractivity contribution in [3.05, 3.63) is 91.9 Å². The highest BCUT2D eigenvalue weighted by molar-refractivity contribution is 7.22. The van der Waals surface area contributed by atoms with Gasteiger partial charge in [-0.25, -0.2) is 4.98 Å². The number of benzene rings is 3. The van der Waals surface area contributed by atoms with E-state index in [1.807, 2.05) is 25.1 Å². The van der Waals surface area contributed by atoms with Gasteiger partial charge < -0.3 is 9.84 Å². The molecule has 0 bridgehead atoms. The number of aliphatic hydroxyl groups excluding tert-OH is 1. The van der Waals surface area contributed by atoms with Crippen LogP contribution in [0.3, 0.4) is 0 Å². The lowest BCUT2D eigenvalue weighted by Gasteiger charge is -2.23. The molecule has 1 saturated heterocycles. The molecule has 0 aliphatic carbocycles. The van der Waals surface area contributed by atoms with Crippen LogP contribution in [0.4, 0.5) is 5.13 Å². The molecule has 1 N–H and O–H groups in total. The molecule has 0 radical (unpaired) electrons. The quantitative estimate of drug-likeness (QED) is 0.162. The third-order valence-corrected chi connectivity index (χ3v) is 7.64. The number of aliphatic hydroxyl groups is 1. The van der Waals surface area contributed by atoms with Crippen molar-refractivity contribution in [1.29, 1.82) is 0 Å². The first kappa shape index (κ1) is 24.6. The van der Waals surface area contributed by atoms with E-state index in [0.717, 1.165) is 10.3 Å². The molecule has 1 atom stereocenters. The SMILES string of the molecule is COc1c(Cl)cc(/C(O)=C2\C(=O)C(=O)N(c3nc4ccc(Cl)cc4s3)C2c2cccc(C)c2)cc1Cl. The molecule has 3 aromatic carbocycles. The van der Waals surface area contributed by atoms with Gasteiger partial charge in [-0.15, -0.1) is 0 Å². The highest BCUT2D eigenvalue weighted by atomic mass is 35.5. The predicted molar refractivity (Wildman–Crippen MR) is 144 cm³/mol. The lowest BCUT2D eigenvalue weighted by atomic mass is 9.94. The first-order chi connectivity index (χ1) is 17.2. The minimum absolute atomic E-state index is 0.0970. The molecule has 1 unspecified atom stereocenters. The van der Waals surface area contributed by atoms with E-state index in [-0.39, 0.29) is 26.9 Å². The number of fused-ring (bicyclic) bond motifs is 1. The fourth-order valence-electron chi connectivity index (χ4n) is 4.22. The number of ketones is 1. The van der Waals surface area contributed by atoms with Crippen LogP contribution in [0.25, 0.3) is 16.0 Å². The number of hydrogen-bond acceptors (Lipinski definition) is 6. The van der Waals surface area contributed by atoms with Crippen molar-refractivity contribution in [2.75, 3.05) is 12.0 Å². The van der Waals surface area contributed by atoms with Gasteiger partial charge in [0.15, 0.2) is 10.9 Å². The van der Waals surface area contributed by atoms with Gasteiger partial charge in [0.25, 0.3) is 5.78 Å². The number of aromatic nitrogens is 1. The summed E-state index contributed by atoms with van der Waals surface area (Å²) in [5.41, 5.74) is 2.28. The highest BCUT2D eigenvalue weighted by Gasteiger charge is 2.48. The maximum absolute atomic E-state index is 13.4. The Kier molecular flexibility index (Phi) is 6.43. The van der Waals surface area contributed by atoms with Crippen LogP contribution in [0.15, 0.2) is 60.2 Å². The lowest BCUT2D eigenvalue weighted by molar-refractivity contribution is -0.132. The summed E-state index contributed by atoms with van der Waals surface area (Å²) < 4.78 is 5.94. The van der Waals surface area contributed by atoms with Crippen LogP contribution in [0, 0.1) is 6.92 Å². The summed E-state index contributed by atoms with van der Waals surface area (Å²) in [6.07, 6.45) is 0. The first-order valence-electron chi connectivity index (χ1n) is 10.7. The summed E-state index contributed by atoms with van der Waals surface area (Å²) in [7, 11) is 1.42. The summed E-state index contributed by atoms with van der Waals surface area (Å²) in [5, 5.41) is 12.5. The van der Waals surface area contributed by atoms with Gasteiger partial charge in [0.05, 0.1) is 39.0 Å². The molecule has 2 heterocycles. The van der Waals surface area contributed by atoms with Crippen molar-refractivity contribution in [2.24, 2.45) is 0 Å². The Morgan fingerprint density at radius 3 is 2.44 bits per heavy atom. The van der Waals surface area contributed by atoms with Crippen molar-refractivity contribution < 1.29 is 19.4 Å². The molecule has 4 aromatic rings. The number of carbonyl (C=O) groups is 2. The fourth-order valence-corrected chi connectivity index (χ4v) is 6.13. The van der Waals surface area contributed by atoms with E-state index in [0.29, 0.717) is 21.2 Å². The smallest absolute Gasteiger partial charge is 0.301 e. The molecule has 1 aliphatic heterocycles. The number of ether oxygens (including phenoxy) is 1. The second-order valence-corrected chi connectivity index (χ2v) is 10.4. The molecule has 1 fully saturated rings. The molecule has 10 heteroatoms. The van der Waals surface area contributed by atoms with Crippen molar-refractivity contribution in [2.45, 2.75) is 13.0 Å². The second-order valence-electron chi connectivity index (χ2n) is 8.16. The molecular formula is C26H17Cl3N2O4S. The van der Waals surface area contributed by atoms with Crippen LogP contribution in [0.5, 0.6) is 5.75 Å². The highest BCUT2D eigenvalue weighted by Crippen LogP contribution is 2.45. The third kappa shape index (κ3) is 4.12. The number of carbonyl (C=O) groups excluding carboxylic acids is 2. The number of Topliss-reactive ketones (excluding diaryl/α,β-unsaturated/α-hetero) is 1. The minimum Gasteiger partial charge on any atom is -0.507 e. The number of nitrogens with zero attached hydrogens (tertiary/aromatic N) is 2. The van der Waals surface area contributed by atoms with Crippen molar-refractivity contribution in [1.82, 2.24) is 4.98 Å². The summed E-state index contributed by atoms with van der Waals surface area (Å²) in [6, 6.07) is 14.5. The number of hydrogen-bond donors (Lipinski definition) is 1. The van der Waals surface area contributed by atoms with E-state index in [2.05, 4.69) is 4.98 Å². The van der Waals surface area contributed by atoms with Gasteiger partial charge in [0.2, 0.25) is 0 Å². The molecule has 5 rings (SSSR count). The summed E-state index contributed by atoms with van der Waals surface area (Å²) in [6.45, 7) is 1.90. The Balaban J connectivity index is 1.74. The average Bonchev–Trinajstić information content (AvgIpc) is 3.36. The standard InChI is InChI=1S/C26H17Cl3N2O4S/c1-12-4-3-5-13(8-12)21-20(22(32)14-9-16(28)24(35-2)17(29)10-14)23(33)25(34)31(21)26-30-18-7-6-15(27)11-19(18)36-26/h3-11,21,32H,1-2H3/b22-20+. The molecule has 1 amide bonds. The van der Waals surface area contributed by atoms with Crippen LogP contribution < -0.4 is 9.64 Å². The van der Waals surface area contributed by atoms with Crippen LogP contribution >= 0.6 is 46.1 Å². The van der Waals surface area contributed by atoms with E-state index < -0.39 is 23.5 Å². The molecule has 182 valence electrons. The molecule has 0 saturated carbocycles. The maximum atomic E-state index is 13.4. The van der Waals surface area contributed by atoms with Gasteiger partial charge in [-0.3, -0.25) is 14.5 Å². The number of methoxy groups -OCH3 is 1. The average molecular weight is 560 g/mol. The van der Waals surface area contributed by atoms with Crippen LogP contribution in [-0.4, -0.2) is 28.9 Å². The van der Waals surface area contributed by atoms with Gasteiger partial charge in [-0.05, 0) is 42.8 Å². The summed E-state index contributed by atoms with van der Waals surface area (Å²) >= 11 is 19.9. The number of thiazole rings is 1. The zero-order chi connectivity index (χ0) is 25.7. The topological polar surface area (TPSA) is 79.7 Å². The van der Waals surface area contributed by atoms with Crippen molar-refractivity contribution in [3.63, 3.8) is 0 Å². The number of amides is 1.